The average molecular weight is 527 g/mol. The van der Waals surface area contributed by atoms with Gasteiger partial charge < -0.3 is 23.8 Å². The number of amides is 1. The number of alkyl halides is 2. The molecule has 9 nitrogen and oxygen atoms in total. The number of nitrogens with one attached hydrogen (secondary N) is 1. The summed E-state index contributed by atoms with van der Waals surface area (Å²) in [5, 5.41) is 1.75. The van der Waals surface area contributed by atoms with Crippen molar-refractivity contribution in [3.63, 3.8) is 0 Å². The molecule has 0 aromatic heterocycles. The van der Waals surface area contributed by atoms with Crippen LogP contribution in [0.4, 0.5) is 8.78 Å². The highest BCUT2D eigenvalue weighted by Crippen LogP contribution is 2.61. The number of ether oxygens (including phenoxy) is 2. The zero-order chi connectivity index (χ0) is 26.6. The van der Waals surface area contributed by atoms with E-state index in [4.69, 9.17) is 9.47 Å². The van der Waals surface area contributed by atoms with Gasteiger partial charge in [-0.25, -0.2) is 4.79 Å². The fourth-order valence-electron chi connectivity index (χ4n) is 2.90. The topological polar surface area (TPSA) is 117 Å². The monoisotopic (exact) mass is 527 g/mol. The van der Waals surface area contributed by atoms with Gasteiger partial charge in [0, 0.05) is 0 Å². The van der Waals surface area contributed by atoms with Crippen molar-refractivity contribution >= 4 is 25.4 Å². The Morgan fingerprint density at radius 3 is 1.81 bits per heavy atom. The Kier molecular flexibility index (Phi) is 11.2. The summed E-state index contributed by atoms with van der Waals surface area (Å²) in [6.45, 7) is 1.37. The fourth-order valence-corrected chi connectivity index (χ4v) is 4.29. The minimum absolute atomic E-state index is 0.139. The van der Waals surface area contributed by atoms with Crippen LogP contribution in [0.25, 0.3) is 0 Å². The minimum Gasteiger partial charge on any atom is -0.461 e. The third-order valence-corrected chi connectivity index (χ3v) is 6.73. The number of halogens is 2. The molecule has 2 aromatic rings. The largest absolute Gasteiger partial charge is 0.461 e. The van der Waals surface area contributed by atoms with Crippen molar-refractivity contribution in [3.8, 4) is 0 Å². The second-order valence-corrected chi connectivity index (χ2v) is 9.42. The Morgan fingerprint density at radius 1 is 0.861 bits per heavy atom. The van der Waals surface area contributed by atoms with E-state index in [1.165, 1.54) is 13.8 Å². The maximum atomic E-state index is 14.8. The van der Waals surface area contributed by atoms with Gasteiger partial charge in [-0.2, -0.15) is 8.78 Å². The first-order chi connectivity index (χ1) is 17.1. The number of benzene rings is 2. The van der Waals surface area contributed by atoms with Crippen LogP contribution in [0.5, 0.6) is 0 Å². The van der Waals surface area contributed by atoms with Crippen LogP contribution in [-0.4, -0.2) is 42.8 Å². The molecule has 0 aliphatic rings. The Balaban J connectivity index is 2.16. The first-order valence-corrected chi connectivity index (χ1v) is 12.6. The van der Waals surface area contributed by atoms with Crippen molar-refractivity contribution in [2.24, 2.45) is 0 Å². The highest BCUT2D eigenvalue weighted by atomic mass is 31.2. The summed E-state index contributed by atoms with van der Waals surface area (Å²) in [4.78, 5) is 37.5. The lowest BCUT2D eigenvalue weighted by Crippen LogP contribution is -2.50. The molecule has 1 amide bonds. The van der Waals surface area contributed by atoms with Gasteiger partial charge in [-0.1, -0.05) is 60.7 Å². The number of hydrogen-bond donors (Lipinski definition) is 1. The van der Waals surface area contributed by atoms with E-state index in [0.717, 1.165) is 0 Å². The smallest absolute Gasteiger partial charge is 0.421 e. The molecule has 2 aromatic carbocycles. The molecule has 196 valence electrons. The molecule has 0 aliphatic heterocycles. The molecule has 0 saturated carbocycles. The third-order valence-electron chi connectivity index (χ3n) is 4.64. The first kappa shape index (κ1) is 29.1. The molecule has 0 spiro atoms. The summed E-state index contributed by atoms with van der Waals surface area (Å²) in [6, 6.07) is 15.2. The van der Waals surface area contributed by atoms with E-state index in [9.17, 15) is 27.7 Å². The van der Waals surface area contributed by atoms with Crippen molar-refractivity contribution in [2.75, 3.05) is 13.2 Å². The van der Waals surface area contributed by atoms with Gasteiger partial charge in [-0.15, -0.1) is 0 Å². The second-order valence-electron chi connectivity index (χ2n) is 7.34. The van der Waals surface area contributed by atoms with Crippen molar-refractivity contribution in [1.29, 1.82) is 0 Å². The van der Waals surface area contributed by atoms with Crippen LogP contribution >= 0.6 is 7.60 Å². The van der Waals surface area contributed by atoms with Gasteiger partial charge in [-0.3, -0.25) is 14.2 Å². The molecule has 1 unspecified atom stereocenters. The third kappa shape index (κ3) is 8.22. The SMILES string of the molecule is CCOP(=O)(OCC)C(F)(F)C(=O)NC(CC(=O)OCc1ccccc1)C(=O)OCc1ccccc1. The molecule has 0 fully saturated rings. The van der Waals surface area contributed by atoms with Crippen molar-refractivity contribution in [3.05, 3.63) is 71.8 Å². The lowest BCUT2D eigenvalue weighted by atomic mass is 10.2. The molecule has 36 heavy (non-hydrogen) atoms. The fraction of sp³-hybridized carbons (Fsp3) is 0.375. The Bertz CT molecular complexity index is 1040. The molecule has 0 bridgehead atoms. The lowest BCUT2D eigenvalue weighted by molar-refractivity contribution is -0.156. The maximum Gasteiger partial charge on any atom is 0.421 e. The normalized spacial score (nSPS) is 12.4. The van der Waals surface area contributed by atoms with Crippen LogP contribution in [0.2, 0.25) is 0 Å². The molecule has 0 saturated heterocycles. The molecule has 1 N–H and O–H groups in total. The van der Waals surface area contributed by atoms with E-state index in [0.29, 0.717) is 11.1 Å². The zero-order valence-corrected chi connectivity index (χ0v) is 20.7. The van der Waals surface area contributed by atoms with Gasteiger partial charge in [0.2, 0.25) is 0 Å². The quantitative estimate of drug-likeness (QED) is 0.287. The number of rotatable bonds is 14. The van der Waals surface area contributed by atoms with E-state index in [-0.39, 0.29) is 13.2 Å². The summed E-state index contributed by atoms with van der Waals surface area (Å²) in [5.41, 5.74) is -3.41. The summed E-state index contributed by atoms with van der Waals surface area (Å²) in [5.74, 6) is -4.24. The Hall–Kier alpha value is -3.14. The highest BCUT2D eigenvalue weighted by Gasteiger charge is 2.60. The van der Waals surface area contributed by atoms with E-state index in [2.05, 4.69) is 9.05 Å². The van der Waals surface area contributed by atoms with Gasteiger partial charge in [0.15, 0.2) is 0 Å². The van der Waals surface area contributed by atoms with Gasteiger partial charge in [0.25, 0.3) is 0 Å². The molecular formula is C24H28F2NO8P. The molecule has 1 atom stereocenters. The molecule has 2 rings (SSSR count). The summed E-state index contributed by atoms with van der Waals surface area (Å²) in [7, 11) is -5.23. The van der Waals surface area contributed by atoms with E-state index in [1.54, 1.807) is 66.0 Å². The van der Waals surface area contributed by atoms with E-state index in [1.807, 2.05) is 0 Å². The van der Waals surface area contributed by atoms with Crippen LogP contribution in [0, 0.1) is 0 Å². The highest BCUT2D eigenvalue weighted by molar-refractivity contribution is 7.56. The van der Waals surface area contributed by atoms with Crippen LogP contribution in [0.3, 0.4) is 0 Å². The van der Waals surface area contributed by atoms with Crippen LogP contribution in [-0.2, 0) is 50.7 Å². The van der Waals surface area contributed by atoms with E-state index < -0.39 is 56.8 Å². The van der Waals surface area contributed by atoms with Crippen molar-refractivity contribution in [2.45, 2.75) is 45.2 Å². The summed E-state index contributed by atoms with van der Waals surface area (Å²) >= 11 is 0. The van der Waals surface area contributed by atoms with Crippen molar-refractivity contribution < 1.29 is 46.3 Å². The maximum absolute atomic E-state index is 14.8. The Morgan fingerprint density at radius 2 is 1.33 bits per heavy atom. The predicted octanol–water partition coefficient (Wildman–Crippen LogP) is 4.21. The molecule has 12 heteroatoms. The number of carbonyl (C=O) groups excluding carboxylic acids is 3. The van der Waals surface area contributed by atoms with E-state index >= 15 is 0 Å². The molecule has 0 aliphatic carbocycles. The van der Waals surface area contributed by atoms with Gasteiger partial charge in [-0.05, 0) is 25.0 Å². The average Bonchev–Trinajstić information content (AvgIpc) is 2.87. The summed E-state index contributed by atoms with van der Waals surface area (Å²) in [6.07, 6.45) is -0.810. The number of esters is 2. The number of hydrogen-bond acceptors (Lipinski definition) is 8. The van der Waals surface area contributed by atoms with Gasteiger partial charge in [0.1, 0.15) is 19.3 Å². The van der Waals surface area contributed by atoms with Crippen LogP contribution in [0.15, 0.2) is 60.7 Å². The molecular weight excluding hydrogens is 499 g/mol. The van der Waals surface area contributed by atoms with Crippen molar-refractivity contribution in [1.82, 2.24) is 5.32 Å². The predicted molar refractivity (Wildman–Crippen MR) is 125 cm³/mol. The standard InChI is InChI=1S/C24H28F2NO8P/c1-3-34-36(31,35-4-2)24(25,26)23(30)27-20(22(29)33-17-19-13-9-6-10-14-19)15-21(28)32-16-18-11-7-5-8-12-18/h5-14,20H,3-4,15-17H2,1-2H3,(H,27,30). The minimum atomic E-state index is -5.23. The molecule has 0 heterocycles. The second kappa shape index (κ2) is 13.8. The zero-order valence-electron chi connectivity index (χ0n) is 19.9. The van der Waals surface area contributed by atoms with Crippen LogP contribution < -0.4 is 5.32 Å². The van der Waals surface area contributed by atoms with Crippen LogP contribution in [0.1, 0.15) is 31.4 Å². The number of carbonyl (C=O) groups is 3. The van der Waals surface area contributed by atoms with Gasteiger partial charge in [0.05, 0.1) is 19.6 Å². The van der Waals surface area contributed by atoms with Gasteiger partial charge >= 0.3 is 31.1 Å². The Labute approximate surface area is 207 Å². The lowest BCUT2D eigenvalue weighted by Gasteiger charge is -2.26. The summed E-state index contributed by atoms with van der Waals surface area (Å²) < 4.78 is 61.6. The first-order valence-electron chi connectivity index (χ1n) is 11.1. The molecule has 0 radical (unpaired) electrons.